The van der Waals surface area contributed by atoms with Crippen molar-refractivity contribution in [3.05, 3.63) is 11.4 Å². The van der Waals surface area contributed by atoms with Gasteiger partial charge in [0.1, 0.15) is 0 Å². The first kappa shape index (κ1) is 11.5. The Morgan fingerprint density at radius 1 is 1.40 bits per heavy atom. The average molecular weight is 209 g/mol. The first-order valence-electron chi connectivity index (χ1n) is 4.79. The molecule has 1 amide bonds. The van der Waals surface area contributed by atoms with Crippen molar-refractivity contribution in [3.63, 3.8) is 0 Å². The number of aromatic nitrogens is 3. The van der Waals surface area contributed by atoms with Gasteiger partial charge in [0.15, 0.2) is 0 Å². The van der Waals surface area contributed by atoms with E-state index in [0.717, 1.165) is 11.4 Å². The summed E-state index contributed by atoms with van der Waals surface area (Å²) in [6, 6.07) is -0.532. The minimum atomic E-state index is -0.532. The standard InChI is InChI=1S/C9H15N5O/c1-4-7(10)8(15)12-9-11-5(2)6(3)13-14-9/h7H,4,10H2,1-3H3,(H,11,12,14,15). The van der Waals surface area contributed by atoms with Crippen LogP contribution in [0.5, 0.6) is 0 Å². The number of carbonyl (C=O) groups is 1. The van der Waals surface area contributed by atoms with E-state index in [1.165, 1.54) is 0 Å². The van der Waals surface area contributed by atoms with Crippen molar-refractivity contribution in [3.8, 4) is 0 Å². The van der Waals surface area contributed by atoms with Gasteiger partial charge >= 0.3 is 0 Å². The summed E-state index contributed by atoms with van der Waals surface area (Å²) >= 11 is 0. The number of rotatable bonds is 3. The predicted molar refractivity (Wildman–Crippen MR) is 56.2 cm³/mol. The molecule has 1 rings (SSSR count). The zero-order chi connectivity index (χ0) is 11.4. The number of carbonyl (C=O) groups excluding carboxylic acids is 1. The van der Waals surface area contributed by atoms with E-state index in [2.05, 4.69) is 20.5 Å². The van der Waals surface area contributed by atoms with Gasteiger partial charge in [0.05, 0.1) is 17.4 Å². The Morgan fingerprint density at radius 3 is 2.60 bits per heavy atom. The Labute approximate surface area is 88.3 Å². The number of aryl methyl sites for hydroxylation is 2. The summed E-state index contributed by atoms with van der Waals surface area (Å²) in [5.74, 6) is -0.0884. The first-order chi connectivity index (χ1) is 7.04. The highest BCUT2D eigenvalue weighted by Crippen LogP contribution is 2.02. The lowest BCUT2D eigenvalue weighted by Crippen LogP contribution is -2.35. The van der Waals surface area contributed by atoms with Crippen molar-refractivity contribution in [2.75, 3.05) is 5.32 Å². The number of anilines is 1. The molecule has 0 bridgehead atoms. The minimum Gasteiger partial charge on any atom is -0.320 e. The molecule has 0 radical (unpaired) electrons. The molecule has 0 aliphatic rings. The molecule has 0 aromatic carbocycles. The Morgan fingerprint density at radius 2 is 2.07 bits per heavy atom. The summed E-state index contributed by atoms with van der Waals surface area (Å²) < 4.78 is 0. The molecule has 15 heavy (non-hydrogen) atoms. The lowest BCUT2D eigenvalue weighted by Gasteiger charge is -2.08. The third kappa shape index (κ3) is 2.95. The summed E-state index contributed by atoms with van der Waals surface area (Å²) in [6.45, 7) is 5.45. The van der Waals surface area contributed by atoms with Gasteiger partial charge in [-0.25, -0.2) is 4.98 Å². The van der Waals surface area contributed by atoms with Crippen molar-refractivity contribution >= 4 is 11.9 Å². The van der Waals surface area contributed by atoms with Crippen LogP contribution in [0, 0.1) is 13.8 Å². The molecule has 0 spiro atoms. The fourth-order valence-corrected chi connectivity index (χ4v) is 0.898. The first-order valence-corrected chi connectivity index (χ1v) is 4.79. The Balaban J connectivity index is 2.73. The number of amides is 1. The fourth-order valence-electron chi connectivity index (χ4n) is 0.898. The SMILES string of the molecule is CCC(N)C(=O)Nc1nnc(C)c(C)n1. The Hall–Kier alpha value is -1.56. The van der Waals surface area contributed by atoms with E-state index in [9.17, 15) is 4.79 Å². The van der Waals surface area contributed by atoms with Crippen LogP contribution in [-0.2, 0) is 4.79 Å². The molecule has 1 heterocycles. The van der Waals surface area contributed by atoms with Crippen LogP contribution < -0.4 is 11.1 Å². The molecule has 1 atom stereocenters. The van der Waals surface area contributed by atoms with Crippen molar-refractivity contribution in [2.24, 2.45) is 5.73 Å². The third-order valence-electron chi connectivity index (χ3n) is 2.10. The second-order valence-corrected chi connectivity index (χ2v) is 3.31. The molecule has 1 aromatic heterocycles. The van der Waals surface area contributed by atoms with Crippen LogP contribution in [0.4, 0.5) is 5.95 Å². The van der Waals surface area contributed by atoms with Gasteiger partial charge in [-0.05, 0) is 20.3 Å². The Bertz CT molecular complexity index is 366. The second-order valence-electron chi connectivity index (χ2n) is 3.31. The summed E-state index contributed by atoms with van der Waals surface area (Å²) in [4.78, 5) is 15.5. The van der Waals surface area contributed by atoms with E-state index < -0.39 is 6.04 Å². The van der Waals surface area contributed by atoms with Crippen molar-refractivity contribution in [1.29, 1.82) is 0 Å². The zero-order valence-corrected chi connectivity index (χ0v) is 9.11. The van der Waals surface area contributed by atoms with Gasteiger partial charge < -0.3 is 5.73 Å². The van der Waals surface area contributed by atoms with Gasteiger partial charge in [0.2, 0.25) is 11.9 Å². The number of hydrogen-bond donors (Lipinski definition) is 2. The lowest BCUT2D eigenvalue weighted by molar-refractivity contribution is -0.117. The highest BCUT2D eigenvalue weighted by Gasteiger charge is 2.12. The van der Waals surface area contributed by atoms with Gasteiger partial charge in [0.25, 0.3) is 0 Å². The average Bonchev–Trinajstić information content (AvgIpc) is 2.22. The van der Waals surface area contributed by atoms with Crippen LogP contribution in [0.25, 0.3) is 0 Å². The quantitative estimate of drug-likeness (QED) is 0.739. The molecule has 0 saturated carbocycles. The number of nitrogens with two attached hydrogens (primary N) is 1. The minimum absolute atomic E-state index is 0.201. The molecule has 6 nitrogen and oxygen atoms in total. The van der Waals surface area contributed by atoms with Gasteiger partial charge in [0, 0.05) is 0 Å². The molecule has 1 aromatic rings. The van der Waals surface area contributed by atoms with Gasteiger partial charge in [-0.1, -0.05) is 6.92 Å². The van der Waals surface area contributed by atoms with Crippen LogP contribution in [0.2, 0.25) is 0 Å². The zero-order valence-electron chi connectivity index (χ0n) is 9.11. The van der Waals surface area contributed by atoms with Crippen molar-refractivity contribution < 1.29 is 4.79 Å². The Kier molecular flexibility index (Phi) is 3.68. The topological polar surface area (TPSA) is 93.8 Å². The molecule has 1 unspecified atom stereocenters. The van der Waals surface area contributed by atoms with Gasteiger partial charge in [-0.15, -0.1) is 5.10 Å². The molecule has 0 saturated heterocycles. The van der Waals surface area contributed by atoms with E-state index in [4.69, 9.17) is 5.73 Å². The summed E-state index contributed by atoms with van der Waals surface area (Å²) in [5.41, 5.74) is 7.03. The van der Waals surface area contributed by atoms with Gasteiger partial charge in [-0.3, -0.25) is 10.1 Å². The molecule has 82 valence electrons. The van der Waals surface area contributed by atoms with E-state index in [0.29, 0.717) is 6.42 Å². The van der Waals surface area contributed by atoms with Crippen molar-refractivity contribution in [2.45, 2.75) is 33.2 Å². The smallest absolute Gasteiger partial charge is 0.249 e. The van der Waals surface area contributed by atoms with E-state index >= 15 is 0 Å². The van der Waals surface area contributed by atoms with Gasteiger partial charge in [-0.2, -0.15) is 5.10 Å². The molecule has 6 heteroatoms. The normalized spacial score (nSPS) is 12.3. The van der Waals surface area contributed by atoms with Crippen molar-refractivity contribution in [1.82, 2.24) is 15.2 Å². The maximum absolute atomic E-state index is 11.4. The van der Waals surface area contributed by atoms with E-state index in [1.807, 2.05) is 6.92 Å². The predicted octanol–water partition coefficient (Wildman–Crippen LogP) is 0.164. The highest BCUT2D eigenvalue weighted by molar-refractivity contribution is 5.93. The second kappa shape index (κ2) is 4.79. The summed E-state index contributed by atoms with van der Waals surface area (Å²) in [5, 5.41) is 10.1. The molecule has 0 aliphatic heterocycles. The largest absolute Gasteiger partial charge is 0.320 e. The summed E-state index contributed by atoms with van der Waals surface area (Å²) in [6.07, 6.45) is 0.574. The van der Waals surface area contributed by atoms with Crippen LogP contribution in [0.15, 0.2) is 0 Å². The fraction of sp³-hybridized carbons (Fsp3) is 0.556. The van der Waals surface area contributed by atoms with E-state index in [1.54, 1.807) is 13.8 Å². The van der Waals surface area contributed by atoms with Crippen LogP contribution in [-0.4, -0.2) is 27.1 Å². The maximum Gasteiger partial charge on any atom is 0.249 e. The number of nitrogens with zero attached hydrogens (tertiary/aromatic N) is 3. The molecular weight excluding hydrogens is 194 g/mol. The molecule has 0 aliphatic carbocycles. The monoisotopic (exact) mass is 209 g/mol. The maximum atomic E-state index is 11.4. The molecule has 3 N–H and O–H groups in total. The van der Waals surface area contributed by atoms with Crippen LogP contribution in [0.1, 0.15) is 24.7 Å². The molecular formula is C9H15N5O. The van der Waals surface area contributed by atoms with Crippen LogP contribution in [0.3, 0.4) is 0 Å². The number of nitrogens with one attached hydrogen (secondary N) is 1. The van der Waals surface area contributed by atoms with Crippen LogP contribution >= 0.6 is 0 Å². The highest BCUT2D eigenvalue weighted by atomic mass is 16.2. The third-order valence-corrected chi connectivity index (χ3v) is 2.10. The van der Waals surface area contributed by atoms with E-state index in [-0.39, 0.29) is 11.9 Å². The summed E-state index contributed by atoms with van der Waals surface area (Å²) in [7, 11) is 0. The number of hydrogen-bond acceptors (Lipinski definition) is 5. The molecule has 0 fully saturated rings. The lowest BCUT2D eigenvalue weighted by atomic mass is 10.2.